The van der Waals surface area contributed by atoms with E-state index in [4.69, 9.17) is 16.3 Å². The molecular formula is C27H28ClN5O3. The highest BCUT2D eigenvalue weighted by atomic mass is 35.5. The zero-order chi connectivity index (χ0) is 25.2. The Hall–Kier alpha value is -3.62. The zero-order valence-corrected chi connectivity index (χ0v) is 21.1. The maximum Gasteiger partial charge on any atom is 0.279 e. The number of fused-ring (bicyclic) bond motifs is 2. The van der Waals surface area contributed by atoms with Crippen molar-refractivity contribution in [2.75, 3.05) is 13.7 Å². The molecule has 0 radical (unpaired) electrons. The normalized spacial score (nSPS) is 13.5. The fourth-order valence-corrected chi connectivity index (χ4v) is 5.04. The Morgan fingerprint density at radius 1 is 1.17 bits per heavy atom. The molecule has 0 bridgehead atoms. The molecule has 0 saturated carbocycles. The molecule has 0 atom stereocenters. The van der Waals surface area contributed by atoms with Gasteiger partial charge in [-0.15, -0.1) is 0 Å². The van der Waals surface area contributed by atoms with Crippen molar-refractivity contribution in [3.8, 4) is 5.75 Å². The van der Waals surface area contributed by atoms with Crippen LogP contribution in [0, 0.1) is 0 Å². The van der Waals surface area contributed by atoms with E-state index in [1.807, 2.05) is 49.4 Å². The molecule has 36 heavy (non-hydrogen) atoms. The van der Waals surface area contributed by atoms with E-state index >= 15 is 0 Å². The van der Waals surface area contributed by atoms with Crippen LogP contribution >= 0.6 is 11.6 Å². The summed E-state index contributed by atoms with van der Waals surface area (Å²) in [6.07, 6.45) is 2.20. The van der Waals surface area contributed by atoms with Gasteiger partial charge in [0.25, 0.3) is 11.5 Å². The highest BCUT2D eigenvalue weighted by Gasteiger charge is 2.27. The number of halogens is 1. The molecule has 1 amide bonds. The first-order valence-electron chi connectivity index (χ1n) is 12.0. The molecule has 8 nitrogen and oxygen atoms in total. The van der Waals surface area contributed by atoms with Gasteiger partial charge in [0.1, 0.15) is 11.3 Å². The Kier molecular flexibility index (Phi) is 6.80. The van der Waals surface area contributed by atoms with Crippen LogP contribution in [0.3, 0.4) is 0 Å². The molecule has 3 heterocycles. The summed E-state index contributed by atoms with van der Waals surface area (Å²) in [6, 6.07) is 15.4. The second-order valence-electron chi connectivity index (χ2n) is 8.85. The summed E-state index contributed by atoms with van der Waals surface area (Å²) in [7, 11) is 1.65. The van der Waals surface area contributed by atoms with E-state index in [0.717, 1.165) is 47.6 Å². The van der Waals surface area contributed by atoms with Crippen LogP contribution in [0.4, 0.5) is 0 Å². The number of hydrogen-bond donors (Lipinski definition) is 1. The highest BCUT2D eigenvalue weighted by Crippen LogP contribution is 2.23. The lowest BCUT2D eigenvalue weighted by atomic mass is 10.0. The van der Waals surface area contributed by atoms with E-state index in [0.29, 0.717) is 29.3 Å². The second-order valence-corrected chi connectivity index (χ2v) is 9.26. The highest BCUT2D eigenvalue weighted by molar-refractivity contribution is 6.31. The number of methoxy groups -OCH3 is 1. The monoisotopic (exact) mass is 505 g/mol. The van der Waals surface area contributed by atoms with E-state index in [9.17, 15) is 9.59 Å². The van der Waals surface area contributed by atoms with Gasteiger partial charge >= 0.3 is 0 Å². The number of amides is 1. The van der Waals surface area contributed by atoms with Gasteiger partial charge in [0.05, 0.1) is 18.9 Å². The van der Waals surface area contributed by atoms with Crippen molar-refractivity contribution >= 4 is 23.2 Å². The number of aryl methyl sites for hydroxylation is 1. The first kappa shape index (κ1) is 24.1. The molecule has 1 N–H and O–H groups in total. The minimum Gasteiger partial charge on any atom is -0.497 e. The summed E-state index contributed by atoms with van der Waals surface area (Å²) in [4.78, 5) is 28.9. The van der Waals surface area contributed by atoms with Crippen LogP contribution in [0.2, 0.25) is 5.02 Å². The average Bonchev–Trinajstić information content (AvgIpc) is 3.34. The molecule has 4 aromatic rings. The van der Waals surface area contributed by atoms with Crippen LogP contribution in [-0.2, 0) is 32.6 Å². The Morgan fingerprint density at radius 3 is 2.67 bits per heavy atom. The van der Waals surface area contributed by atoms with Crippen LogP contribution < -0.4 is 15.6 Å². The third-order valence-electron chi connectivity index (χ3n) is 6.69. The first-order chi connectivity index (χ1) is 17.5. The van der Waals surface area contributed by atoms with Crippen LogP contribution in [0.5, 0.6) is 5.75 Å². The number of nitrogens with zero attached hydrogens (tertiary/aromatic N) is 4. The number of benzene rings is 2. The number of ether oxygens (including phenoxy) is 1. The van der Waals surface area contributed by atoms with Gasteiger partial charge in [0, 0.05) is 49.9 Å². The van der Waals surface area contributed by atoms with Gasteiger partial charge in [-0.2, -0.15) is 9.61 Å². The summed E-state index contributed by atoms with van der Waals surface area (Å²) in [6.45, 7) is 5.02. The third kappa shape index (κ3) is 4.50. The van der Waals surface area contributed by atoms with E-state index in [2.05, 4.69) is 19.9 Å². The lowest BCUT2D eigenvalue weighted by Gasteiger charge is -2.30. The number of carbonyl (C=O) groups excluding carboxylic acids is 1. The number of hydrogen-bond acceptors (Lipinski definition) is 5. The SMILES string of the molecule is CCn1c2c(c(=O)n3ncc(C(=O)NCc4ccccc4Cl)c13)CN(Cc1ccc(OC)cc1)CC2. The van der Waals surface area contributed by atoms with Crippen molar-refractivity contribution in [2.24, 2.45) is 0 Å². The van der Waals surface area contributed by atoms with Crippen LogP contribution in [-0.4, -0.2) is 38.6 Å². The predicted molar refractivity (Wildman–Crippen MR) is 139 cm³/mol. The fourth-order valence-electron chi connectivity index (χ4n) is 4.84. The minimum atomic E-state index is -0.289. The number of aromatic nitrogens is 3. The summed E-state index contributed by atoms with van der Waals surface area (Å²) in [5, 5.41) is 7.83. The van der Waals surface area contributed by atoms with Gasteiger partial charge in [-0.1, -0.05) is 41.9 Å². The van der Waals surface area contributed by atoms with E-state index in [1.54, 1.807) is 13.2 Å². The van der Waals surface area contributed by atoms with Gasteiger partial charge < -0.3 is 14.6 Å². The third-order valence-corrected chi connectivity index (χ3v) is 7.06. The minimum absolute atomic E-state index is 0.172. The first-order valence-corrected chi connectivity index (χ1v) is 12.4. The molecule has 2 aromatic carbocycles. The van der Waals surface area contributed by atoms with Crippen molar-refractivity contribution in [2.45, 2.75) is 39.5 Å². The van der Waals surface area contributed by atoms with Crippen molar-refractivity contribution in [1.82, 2.24) is 24.4 Å². The van der Waals surface area contributed by atoms with E-state index < -0.39 is 0 Å². The van der Waals surface area contributed by atoms with E-state index in [1.165, 1.54) is 10.7 Å². The maximum atomic E-state index is 13.5. The van der Waals surface area contributed by atoms with Gasteiger partial charge in [-0.25, -0.2) is 0 Å². The number of nitrogens with one attached hydrogen (secondary N) is 1. The summed E-state index contributed by atoms with van der Waals surface area (Å²) < 4.78 is 8.67. The Morgan fingerprint density at radius 2 is 1.94 bits per heavy atom. The molecule has 186 valence electrons. The molecule has 9 heteroatoms. The summed E-state index contributed by atoms with van der Waals surface area (Å²) >= 11 is 6.23. The van der Waals surface area contributed by atoms with Crippen molar-refractivity contribution in [3.05, 3.63) is 98.1 Å². The van der Waals surface area contributed by atoms with Crippen LogP contribution in [0.1, 0.15) is 39.7 Å². The van der Waals surface area contributed by atoms with Gasteiger partial charge in [0.15, 0.2) is 5.65 Å². The molecule has 0 saturated heterocycles. The van der Waals surface area contributed by atoms with Gasteiger partial charge in [0.2, 0.25) is 0 Å². The molecule has 1 aliphatic rings. The zero-order valence-electron chi connectivity index (χ0n) is 20.3. The van der Waals surface area contributed by atoms with Gasteiger partial charge in [-0.3, -0.25) is 14.5 Å². The lowest BCUT2D eigenvalue weighted by molar-refractivity contribution is 0.0952. The van der Waals surface area contributed by atoms with Gasteiger partial charge in [-0.05, 0) is 36.2 Å². The molecule has 2 aromatic heterocycles. The molecule has 1 aliphatic heterocycles. The van der Waals surface area contributed by atoms with Crippen molar-refractivity contribution < 1.29 is 9.53 Å². The quantitative estimate of drug-likeness (QED) is 0.414. The molecule has 0 aliphatic carbocycles. The predicted octanol–water partition coefficient (Wildman–Crippen LogP) is 3.67. The summed E-state index contributed by atoms with van der Waals surface area (Å²) in [5.74, 6) is 0.532. The maximum absolute atomic E-state index is 13.5. The second kappa shape index (κ2) is 10.2. The van der Waals surface area contributed by atoms with E-state index in [-0.39, 0.29) is 18.0 Å². The Labute approximate surface area is 214 Å². The smallest absolute Gasteiger partial charge is 0.279 e. The van der Waals surface area contributed by atoms with Crippen LogP contribution in [0.15, 0.2) is 59.5 Å². The average molecular weight is 506 g/mol. The topological polar surface area (TPSA) is 80.9 Å². The Bertz CT molecular complexity index is 1480. The van der Waals surface area contributed by atoms with Crippen LogP contribution in [0.25, 0.3) is 5.65 Å². The largest absolute Gasteiger partial charge is 0.497 e. The number of rotatable bonds is 7. The van der Waals surface area contributed by atoms with Crippen molar-refractivity contribution in [1.29, 1.82) is 0 Å². The van der Waals surface area contributed by atoms with Crippen molar-refractivity contribution in [3.63, 3.8) is 0 Å². The molecule has 0 unspecified atom stereocenters. The summed E-state index contributed by atoms with van der Waals surface area (Å²) in [5.41, 5.74) is 4.43. The molecule has 5 rings (SSSR count). The number of carbonyl (C=O) groups is 1. The Balaban J connectivity index is 1.42. The standard InChI is InChI=1S/C27H28ClN5O3/c1-3-32-24-12-13-31(16-18-8-10-20(36-2)11-9-18)17-22(24)27(35)33-26(32)21(15-30-33)25(34)29-14-19-6-4-5-7-23(19)28/h4-11,15H,3,12-14,16-17H2,1-2H3,(H,29,34). The molecule has 0 fully saturated rings. The molecular weight excluding hydrogens is 478 g/mol. The molecule has 0 spiro atoms. The lowest BCUT2D eigenvalue weighted by Crippen LogP contribution is -2.38. The fraction of sp³-hybridized carbons (Fsp3) is 0.296.